The van der Waals surface area contributed by atoms with Crippen molar-refractivity contribution in [2.45, 2.75) is 12.3 Å². The van der Waals surface area contributed by atoms with Crippen LogP contribution in [0.5, 0.6) is 5.75 Å². The fraction of sp³-hybridized carbons (Fsp3) is 0.211. The van der Waals surface area contributed by atoms with Crippen molar-refractivity contribution in [3.63, 3.8) is 0 Å². The van der Waals surface area contributed by atoms with E-state index in [0.29, 0.717) is 24.4 Å². The lowest BCUT2D eigenvalue weighted by atomic mass is 10.1. The van der Waals surface area contributed by atoms with E-state index in [1.54, 1.807) is 11.0 Å². The summed E-state index contributed by atoms with van der Waals surface area (Å²) < 4.78 is 24.1. The number of anilines is 1. The van der Waals surface area contributed by atoms with E-state index >= 15 is 0 Å². The lowest BCUT2D eigenvalue weighted by Crippen LogP contribution is -2.24. The average Bonchev–Trinajstić information content (AvgIpc) is 3.29. The quantitative estimate of drug-likeness (QED) is 0.719. The minimum atomic E-state index is -0.498. The SMILES string of the molecule is COc1ccc(-c2noc(C3CC(=O)N(c4ccccc4)C3)n2)cc1F. The highest BCUT2D eigenvalue weighted by atomic mass is 19.1. The average molecular weight is 353 g/mol. The van der Waals surface area contributed by atoms with E-state index in [2.05, 4.69) is 10.1 Å². The Morgan fingerprint density at radius 2 is 2.04 bits per heavy atom. The summed E-state index contributed by atoms with van der Waals surface area (Å²) in [4.78, 5) is 18.4. The van der Waals surface area contributed by atoms with Gasteiger partial charge in [0.15, 0.2) is 11.6 Å². The van der Waals surface area contributed by atoms with Gasteiger partial charge >= 0.3 is 0 Å². The van der Waals surface area contributed by atoms with Crippen LogP contribution in [0.2, 0.25) is 0 Å². The second kappa shape index (κ2) is 6.59. The van der Waals surface area contributed by atoms with Crippen LogP contribution in [-0.4, -0.2) is 29.7 Å². The Bertz CT molecular complexity index is 942. The molecule has 0 aliphatic carbocycles. The molecule has 1 aliphatic rings. The third-order valence-electron chi connectivity index (χ3n) is 4.39. The van der Waals surface area contributed by atoms with Crippen LogP contribution in [-0.2, 0) is 4.79 Å². The number of benzene rings is 2. The monoisotopic (exact) mass is 353 g/mol. The maximum Gasteiger partial charge on any atom is 0.232 e. The molecule has 0 spiro atoms. The van der Waals surface area contributed by atoms with E-state index in [-0.39, 0.29) is 23.4 Å². The molecule has 0 saturated carbocycles. The molecule has 6 nitrogen and oxygen atoms in total. The number of methoxy groups -OCH3 is 1. The number of ether oxygens (including phenoxy) is 1. The molecule has 1 amide bonds. The second-order valence-corrected chi connectivity index (χ2v) is 6.05. The molecule has 1 aliphatic heterocycles. The molecule has 26 heavy (non-hydrogen) atoms. The molecule has 0 radical (unpaired) electrons. The molecule has 0 bridgehead atoms. The van der Waals surface area contributed by atoms with Gasteiger partial charge in [0.2, 0.25) is 17.6 Å². The van der Waals surface area contributed by atoms with E-state index in [9.17, 15) is 9.18 Å². The highest BCUT2D eigenvalue weighted by molar-refractivity contribution is 5.96. The van der Waals surface area contributed by atoms with Crippen molar-refractivity contribution in [1.29, 1.82) is 0 Å². The minimum absolute atomic E-state index is 0.0106. The molecule has 1 unspecified atom stereocenters. The van der Waals surface area contributed by atoms with Crippen LogP contribution in [0.25, 0.3) is 11.4 Å². The van der Waals surface area contributed by atoms with Gasteiger partial charge in [-0.25, -0.2) is 4.39 Å². The van der Waals surface area contributed by atoms with Gasteiger partial charge < -0.3 is 14.2 Å². The third kappa shape index (κ3) is 2.92. The topological polar surface area (TPSA) is 68.5 Å². The van der Waals surface area contributed by atoms with Gasteiger partial charge in [-0.2, -0.15) is 4.98 Å². The predicted octanol–water partition coefficient (Wildman–Crippen LogP) is 3.40. The molecule has 4 rings (SSSR count). The van der Waals surface area contributed by atoms with Crippen LogP contribution in [0.4, 0.5) is 10.1 Å². The van der Waals surface area contributed by atoms with E-state index < -0.39 is 5.82 Å². The summed E-state index contributed by atoms with van der Waals surface area (Å²) in [7, 11) is 1.40. The van der Waals surface area contributed by atoms with Crippen molar-refractivity contribution in [1.82, 2.24) is 10.1 Å². The summed E-state index contributed by atoms with van der Waals surface area (Å²) in [6.07, 6.45) is 0.299. The number of hydrogen-bond donors (Lipinski definition) is 0. The number of nitrogens with zero attached hydrogens (tertiary/aromatic N) is 3. The summed E-state index contributed by atoms with van der Waals surface area (Å²) in [5.41, 5.74) is 1.33. The lowest BCUT2D eigenvalue weighted by Gasteiger charge is -2.15. The van der Waals surface area contributed by atoms with Crippen molar-refractivity contribution in [2.24, 2.45) is 0 Å². The van der Waals surface area contributed by atoms with E-state index in [1.165, 1.54) is 19.2 Å². The van der Waals surface area contributed by atoms with E-state index in [1.807, 2.05) is 30.3 Å². The molecule has 1 aromatic heterocycles. The molecule has 132 valence electrons. The van der Waals surface area contributed by atoms with Crippen molar-refractivity contribution in [2.75, 3.05) is 18.6 Å². The Kier molecular flexibility index (Phi) is 4.12. The Morgan fingerprint density at radius 1 is 1.23 bits per heavy atom. The third-order valence-corrected chi connectivity index (χ3v) is 4.39. The molecule has 1 fully saturated rings. The van der Waals surface area contributed by atoms with Crippen LogP contribution >= 0.6 is 0 Å². The molecule has 2 aromatic carbocycles. The normalized spacial score (nSPS) is 16.9. The molecule has 1 atom stereocenters. The van der Waals surface area contributed by atoms with Crippen molar-refractivity contribution in [3.8, 4) is 17.1 Å². The van der Waals surface area contributed by atoms with Gasteiger partial charge in [-0.1, -0.05) is 23.4 Å². The molecule has 1 saturated heterocycles. The molecule has 3 aromatic rings. The zero-order chi connectivity index (χ0) is 18.1. The molecular weight excluding hydrogens is 337 g/mol. The fourth-order valence-electron chi connectivity index (χ4n) is 3.05. The van der Waals surface area contributed by atoms with Crippen LogP contribution in [0.3, 0.4) is 0 Å². The first-order valence-corrected chi connectivity index (χ1v) is 8.18. The lowest BCUT2D eigenvalue weighted by molar-refractivity contribution is -0.117. The van der Waals surface area contributed by atoms with Gasteiger partial charge in [-0.05, 0) is 30.3 Å². The van der Waals surface area contributed by atoms with Gasteiger partial charge in [-0.3, -0.25) is 4.79 Å². The number of halogens is 1. The highest BCUT2D eigenvalue weighted by Crippen LogP contribution is 2.32. The first kappa shape index (κ1) is 16.3. The van der Waals surface area contributed by atoms with Gasteiger partial charge in [0.1, 0.15) is 0 Å². The van der Waals surface area contributed by atoms with E-state index in [4.69, 9.17) is 9.26 Å². The van der Waals surface area contributed by atoms with Crippen LogP contribution < -0.4 is 9.64 Å². The maximum atomic E-state index is 13.9. The summed E-state index contributed by atoms with van der Waals surface area (Å²) in [5, 5.41) is 3.93. The molecule has 7 heteroatoms. The number of carbonyl (C=O) groups is 1. The maximum absolute atomic E-state index is 13.9. The largest absolute Gasteiger partial charge is 0.494 e. The summed E-state index contributed by atoms with van der Waals surface area (Å²) in [6.45, 7) is 0.474. The summed E-state index contributed by atoms with van der Waals surface area (Å²) in [6, 6.07) is 13.9. The van der Waals surface area contributed by atoms with Crippen molar-refractivity contribution >= 4 is 11.6 Å². The Hall–Kier alpha value is -3.22. The Balaban J connectivity index is 1.55. The standard InChI is InChI=1S/C19H16FN3O3/c1-25-16-8-7-12(9-15(16)20)18-21-19(26-22-18)13-10-17(24)23(11-13)14-5-3-2-4-6-14/h2-9,13H,10-11H2,1H3. The minimum Gasteiger partial charge on any atom is -0.494 e. The Labute approximate surface area is 149 Å². The first-order chi connectivity index (χ1) is 12.7. The number of amides is 1. The smallest absolute Gasteiger partial charge is 0.232 e. The zero-order valence-electron chi connectivity index (χ0n) is 14.1. The number of aromatic nitrogens is 2. The number of hydrogen-bond acceptors (Lipinski definition) is 5. The molecule has 0 N–H and O–H groups in total. The van der Waals surface area contributed by atoms with E-state index in [0.717, 1.165) is 5.69 Å². The van der Waals surface area contributed by atoms with Crippen molar-refractivity contribution < 1.29 is 18.4 Å². The summed E-state index contributed by atoms with van der Waals surface area (Å²) in [5.74, 6) is 0.138. The molecular formula is C19H16FN3O3. The van der Waals surface area contributed by atoms with Crippen LogP contribution in [0.15, 0.2) is 53.1 Å². The zero-order valence-corrected chi connectivity index (χ0v) is 14.1. The predicted molar refractivity (Wildman–Crippen MR) is 92.4 cm³/mol. The Morgan fingerprint density at radius 3 is 2.77 bits per heavy atom. The van der Waals surface area contributed by atoms with Crippen molar-refractivity contribution in [3.05, 3.63) is 60.2 Å². The second-order valence-electron chi connectivity index (χ2n) is 6.05. The highest BCUT2D eigenvalue weighted by Gasteiger charge is 2.35. The fourth-order valence-corrected chi connectivity index (χ4v) is 3.05. The van der Waals surface area contributed by atoms with Gasteiger partial charge in [-0.15, -0.1) is 0 Å². The van der Waals surface area contributed by atoms with Crippen LogP contribution in [0, 0.1) is 5.82 Å². The first-order valence-electron chi connectivity index (χ1n) is 8.18. The van der Waals surface area contributed by atoms with Gasteiger partial charge in [0, 0.05) is 24.2 Å². The number of para-hydroxylation sites is 1. The summed E-state index contributed by atoms with van der Waals surface area (Å²) >= 11 is 0. The molecule has 2 heterocycles. The van der Waals surface area contributed by atoms with Gasteiger partial charge in [0.25, 0.3) is 0 Å². The van der Waals surface area contributed by atoms with Crippen LogP contribution in [0.1, 0.15) is 18.2 Å². The number of rotatable bonds is 4. The van der Waals surface area contributed by atoms with Gasteiger partial charge in [0.05, 0.1) is 13.0 Å². The number of carbonyl (C=O) groups excluding carboxylic acids is 1.